The highest BCUT2D eigenvalue weighted by Gasteiger charge is 2.04. The predicted molar refractivity (Wildman–Crippen MR) is 133 cm³/mol. The summed E-state index contributed by atoms with van der Waals surface area (Å²) in [6.45, 7) is 8.65. The van der Waals surface area contributed by atoms with Crippen molar-refractivity contribution in [2.45, 2.75) is 33.6 Å². The highest BCUT2D eigenvalue weighted by molar-refractivity contribution is 14.0. The van der Waals surface area contributed by atoms with E-state index < -0.39 is 0 Å². The van der Waals surface area contributed by atoms with Crippen LogP contribution in [0.3, 0.4) is 0 Å². The zero-order chi connectivity index (χ0) is 20.4. The minimum Gasteiger partial charge on any atom is -0.357 e. The Morgan fingerprint density at radius 3 is 2.34 bits per heavy atom. The van der Waals surface area contributed by atoms with Crippen molar-refractivity contribution in [3.8, 4) is 0 Å². The molecule has 0 spiro atoms. The maximum atomic E-state index is 11.8. The van der Waals surface area contributed by atoms with Gasteiger partial charge in [0.05, 0.1) is 0 Å². The van der Waals surface area contributed by atoms with Crippen LogP contribution in [0.2, 0.25) is 0 Å². The molecule has 6 heteroatoms. The van der Waals surface area contributed by atoms with Crippen LogP contribution in [-0.2, 0) is 12.8 Å². The summed E-state index contributed by atoms with van der Waals surface area (Å²) in [6.07, 6.45) is 1.75. The number of nitrogens with zero attached hydrogens (tertiary/aromatic N) is 1. The van der Waals surface area contributed by atoms with Crippen molar-refractivity contribution in [1.29, 1.82) is 0 Å². The Kier molecular flexibility index (Phi) is 11.3. The molecule has 0 aliphatic heterocycles. The summed E-state index contributed by atoms with van der Waals surface area (Å²) in [5.74, 6) is 0.765. The average Bonchev–Trinajstić information content (AvgIpc) is 2.67. The molecule has 0 aromatic heterocycles. The molecule has 0 aliphatic rings. The molecule has 0 fully saturated rings. The van der Waals surface area contributed by atoms with Gasteiger partial charge in [0, 0.05) is 32.2 Å². The van der Waals surface area contributed by atoms with Gasteiger partial charge in [-0.1, -0.05) is 41.5 Å². The molecule has 1 amide bonds. The van der Waals surface area contributed by atoms with E-state index in [1.54, 1.807) is 7.05 Å². The molecule has 0 heterocycles. The Labute approximate surface area is 191 Å². The second kappa shape index (κ2) is 13.2. The molecule has 0 atom stereocenters. The van der Waals surface area contributed by atoms with Crippen LogP contribution < -0.4 is 16.0 Å². The number of hydrogen-bond donors (Lipinski definition) is 3. The molecule has 0 unspecified atom stereocenters. The van der Waals surface area contributed by atoms with E-state index in [1.807, 2.05) is 24.3 Å². The number of carbonyl (C=O) groups excluding carboxylic acids is 1. The smallest absolute Gasteiger partial charge is 0.251 e. The summed E-state index contributed by atoms with van der Waals surface area (Å²) in [7, 11) is 1.64. The molecule has 0 saturated heterocycles. The molecule has 158 valence electrons. The SMILES string of the molecule is CCNC(=NCCc1cccc(C(=O)NC)c1)NCCc1cc(C)cc(C)c1.I. The number of amides is 1. The van der Waals surface area contributed by atoms with Crippen molar-refractivity contribution in [2.24, 2.45) is 4.99 Å². The molecule has 0 aliphatic carbocycles. The molecule has 0 bridgehead atoms. The maximum absolute atomic E-state index is 11.8. The fraction of sp³-hybridized carbons (Fsp3) is 0.391. The number of hydrogen-bond acceptors (Lipinski definition) is 2. The molecular formula is C23H33IN4O. The first-order valence-corrected chi connectivity index (χ1v) is 9.92. The van der Waals surface area contributed by atoms with E-state index in [4.69, 9.17) is 0 Å². The van der Waals surface area contributed by atoms with Gasteiger partial charge in [0.1, 0.15) is 0 Å². The van der Waals surface area contributed by atoms with Crippen molar-refractivity contribution in [3.63, 3.8) is 0 Å². The number of aliphatic imine (C=N–C) groups is 1. The van der Waals surface area contributed by atoms with Gasteiger partial charge in [-0.15, -0.1) is 24.0 Å². The van der Waals surface area contributed by atoms with Crippen molar-refractivity contribution in [2.75, 3.05) is 26.7 Å². The lowest BCUT2D eigenvalue weighted by molar-refractivity contribution is 0.0963. The van der Waals surface area contributed by atoms with Crippen LogP contribution in [0.25, 0.3) is 0 Å². The number of nitrogens with one attached hydrogen (secondary N) is 3. The Morgan fingerprint density at radius 2 is 1.69 bits per heavy atom. The number of benzene rings is 2. The number of rotatable bonds is 8. The first-order valence-electron chi connectivity index (χ1n) is 9.92. The molecular weight excluding hydrogens is 475 g/mol. The summed E-state index contributed by atoms with van der Waals surface area (Å²) in [4.78, 5) is 16.4. The zero-order valence-corrected chi connectivity index (χ0v) is 20.2. The van der Waals surface area contributed by atoms with E-state index in [1.165, 1.54) is 16.7 Å². The van der Waals surface area contributed by atoms with Gasteiger partial charge in [-0.05, 0) is 56.9 Å². The Morgan fingerprint density at radius 1 is 0.966 bits per heavy atom. The van der Waals surface area contributed by atoms with Crippen LogP contribution in [-0.4, -0.2) is 38.5 Å². The fourth-order valence-electron chi connectivity index (χ4n) is 3.19. The Bertz CT molecular complexity index is 800. The quantitative estimate of drug-likeness (QED) is 0.290. The van der Waals surface area contributed by atoms with Gasteiger partial charge in [-0.2, -0.15) is 0 Å². The van der Waals surface area contributed by atoms with Crippen molar-refractivity contribution >= 4 is 35.8 Å². The third kappa shape index (κ3) is 8.85. The van der Waals surface area contributed by atoms with E-state index in [9.17, 15) is 4.79 Å². The molecule has 29 heavy (non-hydrogen) atoms. The molecule has 2 rings (SSSR count). The van der Waals surface area contributed by atoms with Crippen LogP contribution in [0.15, 0.2) is 47.5 Å². The highest BCUT2D eigenvalue weighted by atomic mass is 127. The molecule has 2 aromatic rings. The second-order valence-corrected chi connectivity index (χ2v) is 6.96. The largest absolute Gasteiger partial charge is 0.357 e. The molecule has 3 N–H and O–H groups in total. The number of aryl methyl sites for hydroxylation is 2. The summed E-state index contributed by atoms with van der Waals surface area (Å²) in [5.41, 5.74) is 5.73. The van der Waals surface area contributed by atoms with E-state index >= 15 is 0 Å². The highest BCUT2D eigenvalue weighted by Crippen LogP contribution is 2.09. The molecule has 5 nitrogen and oxygen atoms in total. The normalized spacial score (nSPS) is 10.8. The lowest BCUT2D eigenvalue weighted by Gasteiger charge is -2.12. The van der Waals surface area contributed by atoms with Gasteiger partial charge in [0.2, 0.25) is 0 Å². The van der Waals surface area contributed by atoms with Crippen LogP contribution in [0.4, 0.5) is 0 Å². The van der Waals surface area contributed by atoms with E-state index in [-0.39, 0.29) is 29.9 Å². The van der Waals surface area contributed by atoms with Crippen LogP contribution in [0, 0.1) is 13.8 Å². The third-order valence-electron chi connectivity index (χ3n) is 4.42. The standard InChI is InChI=1S/C23H32N4O.HI/c1-5-25-23(27-12-10-20-14-17(2)13-18(3)15-20)26-11-9-19-7-6-8-21(16-19)22(28)24-4;/h6-8,13-16H,5,9-12H2,1-4H3,(H,24,28)(H2,25,26,27);1H. The van der Waals surface area contributed by atoms with Gasteiger partial charge in [0.15, 0.2) is 5.96 Å². The van der Waals surface area contributed by atoms with Gasteiger partial charge in [0.25, 0.3) is 5.91 Å². The fourth-order valence-corrected chi connectivity index (χ4v) is 3.19. The van der Waals surface area contributed by atoms with Gasteiger partial charge >= 0.3 is 0 Å². The number of carbonyl (C=O) groups is 1. The summed E-state index contributed by atoms with van der Waals surface area (Å²) in [5, 5.41) is 9.36. The van der Waals surface area contributed by atoms with Crippen molar-refractivity contribution in [1.82, 2.24) is 16.0 Å². The van der Waals surface area contributed by atoms with Crippen LogP contribution in [0.5, 0.6) is 0 Å². The number of guanidine groups is 1. The second-order valence-electron chi connectivity index (χ2n) is 6.96. The van der Waals surface area contributed by atoms with E-state index in [2.05, 4.69) is 59.9 Å². The summed E-state index contributed by atoms with van der Waals surface area (Å²) >= 11 is 0. The lowest BCUT2D eigenvalue weighted by Crippen LogP contribution is -2.38. The maximum Gasteiger partial charge on any atom is 0.251 e. The monoisotopic (exact) mass is 508 g/mol. The average molecular weight is 508 g/mol. The Balaban J connectivity index is 0.00000420. The van der Waals surface area contributed by atoms with Gasteiger partial charge in [-0.3, -0.25) is 9.79 Å². The van der Waals surface area contributed by atoms with Crippen molar-refractivity contribution < 1.29 is 4.79 Å². The first kappa shape index (κ1) is 24.9. The molecule has 0 saturated carbocycles. The Hall–Kier alpha value is -2.09. The summed E-state index contributed by atoms with van der Waals surface area (Å²) < 4.78 is 0. The van der Waals surface area contributed by atoms with Crippen molar-refractivity contribution in [3.05, 3.63) is 70.3 Å². The molecule has 0 radical (unpaired) electrons. The molecule has 2 aromatic carbocycles. The number of halogens is 1. The third-order valence-corrected chi connectivity index (χ3v) is 4.42. The predicted octanol–water partition coefficient (Wildman–Crippen LogP) is 3.62. The lowest BCUT2D eigenvalue weighted by atomic mass is 10.1. The first-order chi connectivity index (χ1) is 13.5. The topological polar surface area (TPSA) is 65.5 Å². The minimum absolute atomic E-state index is 0. The minimum atomic E-state index is -0.0632. The van der Waals surface area contributed by atoms with E-state index in [0.717, 1.165) is 37.5 Å². The van der Waals surface area contributed by atoms with Crippen LogP contribution >= 0.6 is 24.0 Å². The van der Waals surface area contributed by atoms with E-state index in [0.29, 0.717) is 12.1 Å². The summed E-state index contributed by atoms with van der Waals surface area (Å²) in [6, 6.07) is 14.4. The van der Waals surface area contributed by atoms with Gasteiger partial charge < -0.3 is 16.0 Å². The zero-order valence-electron chi connectivity index (χ0n) is 17.8. The van der Waals surface area contributed by atoms with Gasteiger partial charge in [-0.25, -0.2) is 0 Å². The van der Waals surface area contributed by atoms with Crippen LogP contribution in [0.1, 0.15) is 39.5 Å².